The summed E-state index contributed by atoms with van der Waals surface area (Å²) in [7, 11) is 3.10. The average Bonchev–Trinajstić information content (AvgIpc) is 2.70. The quantitative estimate of drug-likeness (QED) is 0.794. The number of methoxy groups -OCH3 is 2. The predicted octanol–water partition coefficient (Wildman–Crippen LogP) is 3.10. The highest BCUT2D eigenvalue weighted by Gasteiger charge is 2.30. The van der Waals surface area contributed by atoms with Crippen LogP contribution in [0.25, 0.3) is 0 Å². The summed E-state index contributed by atoms with van der Waals surface area (Å²) in [5.41, 5.74) is 4.44. The van der Waals surface area contributed by atoms with Crippen molar-refractivity contribution in [2.75, 3.05) is 14.2 Å². The normalized spacial score (nSPS) is 16.4. The van der Waals surface area contributed by atoms with E-state index in [-0.39, 0.29) is 11.9 Å². The van der Waals surface area contributed by atoms with Crippen molar-refractivity contribution < 1.29 is 14.3 Å². The number of aryl methyl sites for hydroxylation is 2. The molecule has 0 bridgehead atoms. The largest absolute Gasteiger partial charge is 0.497 e. The Morgan fingerprint density at radius 1 is 1.00 bits per heavy atom. The smallest absolute Gasteiger partial charge is 0.317 e. The van der Waals surface area contributed by atoms with Gasteiger partial charge in [-0.25, -0.2) is 0 Å². The molecule has 0 saturated heterocycles. The van der Waals surface area contributed by atoms with Crippen LogP contribution in [0.2, 0.25) is 0 Å². The van der Waals surface area contributed by atoms with E-state index >= 15 is 0 Å². The van der Waals surface area contributed by atoms with Crippen LogP contribution in [-0.2, 0) is 22.4 Å². The fourth-order valence-corrected chi connectivity index (χ4v) is 3.06. The molecule has 0 aromatic heterocycles. The second kappa shape index (κ2) is 5.60. The van der Waals surface area contributed by atoms with Gasteiger partial charge in [0.15, 0.2) is 0 Å². The summed E-state index contributed by atoms with van der Waals surface area (Å²) in [6.07, 6.45) is 1.82. The Bertz CT molecular complexity index is 676. The maximum Gasteiger partial charge on any atom is 0.317 e. The van der Waals surface area contributed by atoms with Crippen molar-refractivity contribution in [1.29, 1.82) is 0 Å². The first-order valence-corrected chi connectivity index (χ1v) is 7.07. The Morgan fingerprint density at radius 2 is 1.71 bits per heavy atom. The number of fused-ring (bicyclic) bond motifs is 2. The SMILES string of the molecule is COC(=O)C1c2ccccc2CCc2cc(OC)ccc21. The van der Waals surface area contributed by atoms with Gasteiger partial charge in [-0.1, -0.05) is 30.3 Å². The van der Waals surface area contributed by atoms with Crippen molar-refractivity contribution in [3.05, 3.63) is 64.7 Å². The van der Waals surface area contributed by atoms with E-state index < -0.39 is 0 Å². The van der Waals surface area contributed by atoms with Gasteiger partial charge >= 0.3 is 5.97 Å². The molecule has 0 fully saturated rings. The fraction of sp³-hybridized carbons (Fsp3) is 0.278. The molecule has 2 aromatic rings. The van der Waals surface area contributed by atoms with Gasteiger partial charge in [0.1, 0.15) is 11.7 Å². The molecule has 3 nitrogen and oxygen atoms in total. The molecule has 1 atom stereocenters. The predicted molar refractivity (Wildman–Crippen MR) is 80.7 cm³/mol. The number of carbonyl (C=O) groups is 1. The second-order valence-electron chi connectivity index (χ2n) is 5.22. The Labute approximate surface area is 124 Å². The van der Waals surface area contributed by atoms with Crippen molar-refractivity contribution in [1.82, 2.24) is 0 Å². The molecule has 0 aliphatic heterocycles. The molecule has 0 heterocycles. The lowest BCUT2D eigenvalue weighted by Crippen LogP contribution is -2.17. The van der Waals surface area contributed by atoms with Gasteiger partial charge < -0.3 is 9.47 Å². The van der Waals surface area contributed by atoms with Crippen LogP contribution < -0.4 is 4.74 Å². The molecule has 0 spiro atoms. The van der Waals surface area contributed by atoms with E-state index in [1.165, 1.54) is 12.7 Å². The first-order valence-electron chi connectivity index (χ1n) is 7.07. The number of carbonyl (C=O) groups excluding carboxylic acids is 1. The van der Waals surface area contributed by atoms with Gasteiger partial charge in [0.05, 0.1) is 14.2 Å². The Hall–Kier alpha value is -2.29. The summed E-state index contributed by atoms with van der Waals surface area (Å²) in [6, 6.07) is 14.0. The van der Waals surface area contributed by atoms with Gasteiger partial charge in [0.2, 0.25) is 0 Å². The number of ether oxygens (including phenoxy) is 2. The second-order valence-corrected chi connectivity index (χ2v) is 5.22. The Morgan fingerprint density at radius 3 is 2.48 bits per heavy atom. The van der Waals surface area contributed by atoms with Crippen LogP contribution in [0.5, 0.6) is 5.75 Å². The molecule has 1 unspecified atom stereocenters. The zero-order chi connectivity index (χ0) is 14.8. The van der Waals surface area contributed by atoms with Crippen molar-refractivity contribution >= 4 is 5.97 Å². The minimum Gasteiger partial charge on any atom is -0.497 e. The number of rotatable bonds is 2. The van der Waals surface area contributed by atoms with Crippen LogP contribution in [0.4, 0.5) is 0 Å². The summed E-state index contributed by atoms with van der Waals surface area (Å²) in [6.45, 7) is 0. The molecule has 0 N–H and O–H groups in total. The van der Waals surface area contributed by atoms with Gasteiger partial charge in [-0.2, -0.15) is 0 Å². The first kappa shape index (κ1) is 13.7. The lowest BCUT2D eigenvalue weighted by molar-refractivity contribution is -0.141. The fourth-order valence-electron chi connectivity index (χ4n) is 3.06. The molecular weight excluding hydrogens is 264 g/mol. The van der Waals surface area contributed by atoms with Crippen LogP contribution in [0, 0.1) is 0 Å². The van der Waals surface area contributed by atoms with E-state index in [1.807, 2.05) is 36.4 Å². The van der Waals surface area contributed by atoms with Gasteiger partial charge in [0, 0.05) is 0 Å². The highest BCUT2D eigenvalue weighted by atomic mass is 16.5. The van der Waals surface area contributed by atoms with Gasteiger partial charge in [0.25, 0.3) is 0 Å². The van der Waals surface area contributed by atoms with E-state index in [4.69, 9.17) is 9.47 Å². The maximum atomic E-state index is 12.3. The van der Waals surface area contributed by atoms with Crippen LogP contribution in [0.1, 0.15) is 28.2 Å². The Kier molecular flexibility index (Phi) is 3.65. The van der Waals surface area contributed by atoms with E-state index in [9.17, 15) is 4.79 Å². The van der Waals surface area contributed by atoms with Crippen LogP contribution in [0.15, 0.2) is 42.5 Å². The van der Waals surface area contributed by atoms with Crippen molar-refractivity contribution in [3.63, 3.8) is 0 Å². The zero-order valence-corrected chi connectivity index (χ0v) is 12.3. The molecule has 21 heavy (non-hydrogen) atoms. The van der Waals surface area contributed by atoms with Crippen LogP contribution >= 0.6 is 0 Å². The maximum absolute atomic E-state index is 12.3. The minimum atomic E-state index is -0.352. The van der Waals surface area contributed by atoms with Gasteiger partial charge in [-0.15, -0.1) is 0 Å². The highest BCUT2D eigenvalue weighted by Crippen LogP contribution is 2.36. The summed E-state index contributed by atoms with van der Waals surface area (Å²) in [5.74, 6) is 0.258. The topological polar surface area (TPSA) is 35.5 Å². The summed E-state index contributed by atoms with van der Waals surface area (Å²) in [5, 5.41) is 0. The molecule has 1 aliphatic rings. The number of hydrogen-bond donors (Lipinski definition) is 0. The third-order valence-electron chi connectivity index (χ3n) is 4.13. The van der Waals surface area contributed by atoms with Crippen molar-refractivity contribution in [2.24, 2.45) is 0 Å². The summed E-state index contributed by atoms with van der Waals surface area (Å²) in [4.78, 5) is 12.3. The highest BCUT2D eigenvalue weighted by molar-refractivity contribution is 5.83. The first-order chi connectivity index (χ1) is 10.2. The number of esters is 1. The molecule has 2 aromatic carbocycles. The van der Waals surface area contributed by atoms with E-state index in [0.717, 1.165) is 35.3 Å². The lowest BCUT2D eigenvalue weighted by atomic mass is 9.88. The molecule has 3 rings (SSSR count). The van der Waals surface area contributed by atoms with Gasteiger partial charge in [-0.3, -0.25) is 4.79 Å². The minimum absolute atomic E-state index is 0.212. The van der Waals surface area contributed by atoms with Crippen molar-refractivity contribution in [2.45, 2.75) is 18.8 Å². The summed E-state index contributed by atoms with van der Waals surface area (Å²) < 4.78 is 10.3. The lowest BCUT2D eigenvalue weighted by Gasteiger charge is -2.18. The molecular formula is C18H18O3. The molecule has 0 radical (unpaired) electrons. The van der Waals surface area contributed by atoms with E-state index in [2.05, 4.69) is 6.07 Å². The third-order valence-corrected chi connectivity index (χ3v) is 4.13. The van der Waals surface area contributed by atoms with Gasteiger partial charge in [-0.05, 0) is 47.2 Å². The monoisotopic (exact) mass is 282 g/mol. The van der Waals surface area contributed by atoms with Crippen molar-refractivity contribution in [3.8, 4) is 5.75 Å². The molecule has 108 valence electrons. The Balaban J connectivity index is 2.19. The molecule has 3 heteroatoms. The molecule has 0 saturated carbocycles. The third kappa shape index (κ3) is 2.40. The summed E-state index contributed by atoms with van der Waals surface area (Å²) >= 11 is 0. The van der Waals surface area contributed by atoms with E-state index in [0.29, 0.717) is 0 Å². The zero-order valence-electron chi connectivity index (χ0n) is 12.3. The molecule has 0 amide bonds. The molecule has 1 aliphatic carbocycles. The van der Waals surface area contributed by atoms with Crippen LogP contribution in [0.3, 0.4) is 0 Å². The standard InChI is InChI=1S/C18H18O3/c1-20-14-9-10-16-13(11-14)8-7-12-5-3-4-6-15(12)17(16)18(19)21-2/h3-6,9-11,17H,7-8H2,1-2H3. The van der Waals surface area contributed by atoms with Crippen LogP contribution in [-0.4, -0.2) is 20.2 Å². The van der Waals surface area contributed by atoms with E-state index in [1.54, 1.807) is 7.11 Å². The number of benzene rings is 2. The number of hydrogen-bond acceptors (Lipinski definition) is 3. The average molecular weight is 282 g/mol.